The van der Waals surface area contributed by atoms with Crippen LogP contribution in [0.3, 0.4) is 0 Å². The van der Waals surface area contributed by atoms with Crippen LogP contribution in [0.25, 0.3) is 0 Å². The lowest BCUT2D eigenvalue weighted by Crippen LogP contribution is -2.58. The van der Waals surface area contributed by atoms with Gasteiger partial charge in [-0.25, -0.2) is 4.79 Å². The number of amides is 3. The molecule has 0 aliphatic heterocycles. The molecule has 0 aromatic heterocycles. The minimum atomic E-state index is -1.31. The SMILES string of the molecule is NCCCCC(NC(=O)C(N)Cc1ccc(O)cc1)C(=O)NC(Cc1ccccc1)C(=O)NC(Cc1ccc(O)cc1)C(=O)O. The lowest BCUT2D eigenvalue weighted by atomic mass is 10.0. The fraction of sp³-hybridized carbons (Fsp3) is 0.333. The highest BCUT2D eigenvalue weighted by molar-refractivity contribution is 5.94. The van der Waals surface area contributed by atoms with Crippen molar-refractivity contribution >= 4 is 23.7 Å². The van der Waals surface area contributed by atoms with Gasteiger partial charge in [0.1, 0.15) is 29.6 Å². The van der Waals surface area contributed by atoms with Gasteiger partial charge in [-0.2, -0.15) is 0 Å². The number of phenols is 2. The molecule has 3 amide bonds. The van der Waals surface area contributed by atoms with Crippen LogP contribution in [-0.4, -0.2) is 69.7 Å². The molecule has 0 heterocycles. The van der Waals surface area contributed by atoms with E-state index in [4.69, 9.17) is 11.5 Å². The monoisotopic (exact) mass is 619 g/mol. The molecule has 0 saturated heterocycles. The average Bonchev–Trinajstić information content (AvgIpc) is 3.02. The van der Waals surface area contributed by atoms with Crippen LogP contribution in [0.2, 0.25) is 0 Å². The summed E-state index contributed by atoms with van der Waals surface area (Å²) in [7, 11) is 0. The van der Waals surface area contributed by atoms with Gasteiger partial charge >= 0.3 is 5.97 Å². The van der Waals surface area contributed by atoms with E-state index in [0.717, 1.165) is 11.1 Å². The van der Waals surface area contributed by atoms with Gasteiger partial charge in [0, 0.05) is 12.8 Å². The molecule has 0 bridgehead atoms. The van der Waals surface area contributed by atoms with E-state index < -0.39 is 47.9 Å². The number of aliphatic carboxylic acids is 1. The van der Waals surface area contributed by atoms with Crippen LogP contribution in [0.5, 0.6) is 11.5 Å². The zero-order valence-electron chi connectivity index (χ0n) is 24.9. The van der Waals surface area contributed by atoms with E-state index in [0.29, 0.717) is 24.9 Å². The number of nitrogens with two attached hydrogens (primary N) is 2. The van der Waals surface area contributed by atoms with Crippen LogP contribution >= 0.6 is 0 Å². The number of nitrogens with one attached hydrogen (secondary N) is 3. The van der Waals surface area contributed by atoms with E-state index in [-0.39, 0.29) is 37.2 Å². The van der Waals surface area contributed by atoms with Crippen molar-refractivity contribution in [2.45, 2.75) is 62.7 Å². The number of carboxylic acid groups (broad SMARTS) is 1. The molecular formula is C33H41N5O7. The molecule has 3 aromatic carbocycles. The number of unbranched alkanes of at least 4 members (excludes halogenated alkanes) is 1. The minimum absolute atomic E-state index is 0.0229. The van der Waals surface area contributed by atoms with Crippen LogP contribution < -0.4 is 27.4 Å². The molecule has 0 spiro atoms. The summed E-state index contributed by atoms with van der Waals surface area (Å²) >= 11 is 0. The second kappa shape index (κ2) is 17.4. The predicted molar refractivity (Wildman–Crippen MR) is 168 cm³/mol. The Hall–Kier alpha value is -4.94. The van der Waals surface area contributed by atoms with Gasteiger partial charge in [0.2, 0.25) is 17.7 Å². The summed E-state index contributed by atoms with van der Waals surface area (Å²) in [6.45, 7) is 0.388. The van der Waals surface area contributed by atoms with Crippen LogP contribution in [0, 0.1) is 0 Å². The lowest BCUT2D eigenvalue weighted by molar-refractivity contribution is -0.142. The number of rotatable bonds is 17. The predicted octanol–water partition coefficient (Wildman–Crippen LogP) is 1.12. The van der Waals surface area contributed by atoms with E-state index in [1.807, 2.05) is 0 Å². The summed E-state index contributed by atoms with van der Waals surface area (Å²) in [4.78, 5) is 52.2. The number of carboxylic acids is 1. The van der Waals surface area contributed by atoms with Gasteiger partial charge in [-0.15, -0.1) is 0 Å². The number of hydrogen-bond donors (Lipinski definition) is 8. The second-order valence-corrected chi connectivity index (χ2v) is 10.8. The standard InChI is InChI=1S/C33H41N5O7/c34-17-5-4-8-27(36-30(41)26(35)18-22-9-13-24(39)14-10-22)31(42)37-28(19-21-6-2-1-3-7-21)32(43)38-29(33(44)45)20-23-11-15-25(40)16-12-23/h1-3,6-7,9-16,26-29,39-40H,4-5,8,17-20,34-35H2,(H,36,41)(H,37,42)(H,38,43)(H,44,45). The molecule has 0 saturated carbocycles. The third-order valence-electron chi connectivity index (χ3n) is 7.22. The molecule has 3 aromatic rings. The molecule has 4 unspecified atom stereocenters. The Morgan fingerprint density at radius 2 is 1.07 bits per heavy atom. The Kier molecular flexibility index (Phi) is 13.3. The van der Waals surface area contributed by atoms with Crippen molar-refractivity contribution in [3.05, 3.63) is 95.6 Å². The van der Waals surface area contributed by atoms with E-state index in [9.17, 15) is 34.5 Å². The van der Waals surface area contributed by atoms with Gasteiger partial charge < -0.3 is 42.7 Å². The first-order valence-corrected chi connectivity index (χ1v) is 14.7. The average molecular weight is 620 g/mol. The fourth-order valence-electron chi connectivity index (χ4n) is 4.69. The zero-order valence-corrected chi connectivity index (χ0v) is 24.9. The molecule has 10 N–H and O–H groups in total. The Morgan fingerprint density at radius 1 is 0.600 bits per heavy atom. The number of benzene rings is 3. The number of hydrogen-bond acceptors (Lipinski definition) is 8. The molecule has 3 rings (SSSR count). The second-order valence-electron chi connectivity index (χ2n) is 10.8. The molecule has 4 atom stereocenters. The van der Waals surface area contributed by atoms with Crippen molar-refractivity contribution in [2.75, 3.05) is 6.54 Å². The van der Waals surface area contributed by atoms with Gasteiger partial charge in [0.05, 0.1) is 6.04 Å². The van der Waals surface area contributed by atoms with Gasteiger partial charge in [0.15, 0.2) is 0 Å². The Morgan fingerprint density at radius 3 is 1.62 bits per heavy atom. The van der Waals surface area contributed by atoms with Crippen LogP contribution in [-0.2, 0) is 38.4 Å². The molecule has 12 nitrogen and oxygen atoms in total. The number of carbonyl (C=O) groups excluding carboxylic acids is 3. The van der Waals surface area contributed by atoms with Gasteiger partial charge in [-0.05, 0) is 73.2 Å². The maximum absolute atomic E-state index is 13.6. The van der Waals surface area contributed by atoms with E-state index in [1.54, 1.807) is 54.6 Å². The zero-order chi connectivity index (χ0) is 32.8. The summed E-state index contributed by atoms with van der Waals surface area (Å²) in [5.74, 6) is -3.07. The van der Waals surface area contributed by atoms with E-state index in [2.05, 4.69) is 16.0 Å². The first-order chi connectivity index (χ1) is 21.5. The quantitative estimate of drug-likeness (QED) is 0.101. The first kappa shape index (κ1) is 34.5. The molecule has 0 aliphatic rings. The minimum Gasteiger partial charge on any atom is -0.508 e. The molecule has 0 fully saturated rings. The fourth-order valence-corrected chi connectivity index (χ4v) is 4.69. The summed E-state index contributed by atoms with van der Waals surface area (Å²) < 4.78 is 0. The largest absolute Gasteiger partial charge is 0.508 e. The molecule has 12 heteroatoms. The topological polar surface area (TPSA) is 217 Å². The third-order valence-corrected chi connectivity index (χ3v) is 7.22. The summed E-state index contributed by atoms with van der Waals surface area (Å²) in [6.07, 6.45) is 1.53. The number of carbonyl (C=O) groups is 4. The normalized spacial score (nSPS) is 13.6. The van der Waals surface area contributed by atoms with E-state index >= 15 is 0 Å². The van der Waals surface area contributed by atoms with Gasteiger partial charge in [-0.1, -0.05) is 54.6 Å². The molecule has 0 radical (unpaired) electrons. The van der Waals surface area contributed by atoms with Crippen LogP contribution in [0.15, 0.2) is 78.9 Å². The van der Waals surface area contributed by atoms with Crippen molar-refractivity contribution in [1.29, 1.82) is 0 Å². The van der Waals surface area contributed by atoms with Crippen molar-refractivity contribution in [3.8, 4) is 11.5 Å². The summed E-state index contributed by atoms with van der Waals surface area (Å²) in [5.41, 5.74) is 13.8. The van der Waals surface area contributed by atoms with Crippen molar-refractivity contribution in [2.24, 2.45) is 11.5 Å². The van der Waals surface area contributed by atoms with Crippen LogP contribution in [0.1, 0.15) is 36.0 Å². The molecule has 240 valence electrons. The maximum Gasteiger partial charge on any atom is 0.326 e. The highest BCUT2D eigenvalue weighted by Crippen LogP contribution is 2.13. The van der Waals surface area contributed by atoms with Crippen molar-refractivity contribution in [1.82, 2.24) is 16.0 Å². The van der Waals surface area contributed by atoms with Crippen LogP contribution in [0.4, 0.5) is 0 Å². The highest BCUT2D eigenvalue weighted by atomic mass is 16.4. The third kappa shape index (κ3) is 11.6. The first-order valence-electron chi connectivity index (χ1n) is 14.7. The summed E-state index contributed by atoms with van der Waals surface area (Å²) in [5, 5.41) is 36.8. The number of aromatic hydroxyl groups is 2. The molecule has 45 heavy (non-hydrogen) atoms. The smallest absolute Gasteiger partial charge is 0.326 e. The van der Waals surface area contributed by atoms with E-state index in [1.165, 1.54) is 24.3 Å². The highest BCUT2D eigenvalue weighted by Gasteiger charge is 2.30. The maximum atomic E-state index is 13.6. The molecule has 0 aliphatic carbocycles. The summed E-state index contributed by atoms with van der Waals surface area (Å²) in [6, 6.07) is 16.6. The van der Waals surface area contributed by atoms with Gasteiger partial charge in [0.25, 0.3) is 0 Å². The number of phenolic OH excluding ortho intramolecular Hbond substituents is 2. The Balaban J connectivity index is 1.76. The molecular weight excluding hydrogens is 578 g/mol. The lowest BCUT2D eigenvalue weighted by Gasteiger charge is -2.25. The van der Waals surface area contributed by atoms with Crippen molar-refractivity contribution < 1.29 is 34.5 Å². The Labute approximate surface area is 261 Å². The van der Waals surface area contributed by atoms with Gasteiger partial charge in [-0.3, -0.25) is 14.4 Å². The van der Waals surface area contributed by atoms with Crippen molar-refractivity contribution in [3.63, 3.8) is 0 Å². The Bertz CT molecular complexity index is 1400.